The number of carbonyl (C=O) groups excluding carboxylic acids is 1. The van der Waals surface area contributed by atoms with Gasteiger partial charge in [0.2, 0.25) is 11.3 Å². The first kappa shape index (κ1) is 22.2. The van der Waals surface area contributed by atoms with E-state index in [0.29, 0.717) is 36.4 Å². The Bertz CT molecular complexity index is 911. The largest absolute Gasteiger partial charge is 0.506 e. The molecule has 1 amide bonds. The summed E-state index contributed by atoms with van der Waals surface area (Å²) >= 11 is 0. The van der Waals surface area contributed by atoms with Gasteiger partial charge in [0.15, 0.2) is 0 Å². The van der Waals surface area contributed by atoms with Crippen molar-refractivity contribution in [2.75, 3.05) is 17.7 Å². The van der Waals surface area contributed by atoms with Crippen LogP contribution in [0.25, 0.3) is 0 Å². The van der Waals surface area contributed by atoms with Gasteiger partial charge in [-0.15, -0.1) is 0 Å². The Kier molecular flexibility index (Phi) is 5.64. The third kappa shape index (κ3) is 3.76. The van der Waals surface area contributed by atoms with Crippen LogP contribution >= 0.6 is 0 Å². The molecule has 2 rings (SSSR count). The Hall–Kier alpha value is -3.11. The SMILES string of the molecule is CNc1cc(C(c2ccc(O)c(NC(C)=O)c2)(C(F)(F)F)C(F)(F)F)ccc1O. The lowest BCUT2D eigenvalue weighted by Crippen LogP contribution is -2.54. The van der Waals surface area contributed by atoms with Crippen molar-refractivity contribution in [3.63, 3.8) is 0 Å². The predicted molar refractivity (Wildman–Crippen MR) is 93.0 cm³/mol. The zero-order valence-corrected chi connectivity index (χ0v) is 15.0. The first-order chi connectivity index (χ1) is 13.3. The van der Waals surface area contributed by atoms with Crippen molar-refractivity contribution in [3.8, 4) is 11.5 Å². The number of phenols is 2. The van der Waals surface area contributed by atoms with Crippen molar-refractivity contribution < 1.29 is 41.4 Å². The van der Waals surface area contributed by atoms with Gasteiger partial charge in [-0.25, -0.2) is 0 Å². The number of anilines is 2. The Labute approximate surface area is 161 Å². The molecule has 2 aromatic rings. The maximum atomic E-state index is 14.1. The van der Waals surface area contributed by atoms with E-state index in [1.165, 1.54) is 7.05 Å². The highest BCUT2D eigenvalue weighted by atomic mass is 19.4. The first-order valence-electron chi connectivity index (χ1n) is 8.01. The second-order valence-corrected chi connectivity index (χ2v) is 6.14. The number of phenolic OH excluding ortho intramolecular Hbond substituents is 2. The minimum atomic E-state index is -5.86. The average Bonchev–Trinajstić information content (AvgIpc) is 2.56. The summed E-state index contributed by atoms with van der Waals surface area (Å²) in [4.78, 5) is 11.2. The fourth-order valence-corrected chi connectivity index (χ4v) is 3.01. The quantitative estimate of drug-likeness (QED) is 0.432. The molecule has 0 aliphatic rings. The molecule has 0 atom stereocenters. The van der Waals surface area contributed by atoms with Gasteiger partial charge in [0.25, 0.3) is 0 Å². The molecule has 4 N–H and O–H groups in total. The lowest BCUT2D eigenvalue weighted by Gasteiger charge is -2.38. The van der Waals surface area contributed by atoms with E-state index in [1.54, 1.807) is 0 Å². The second-order valence-electron chi connectivity index (χ2n) is 6.14. The van der Waals surface area contributed by atoms with Crippen LogP contribution in [-0.2, 0) is 10.2 Å². The molecule has 0 saturated heterocycles. The molecule has 5 nitrogen and oxygen atoms in total. The van der Waals surface area contributed by atoms with Crippen LogP contribution in [0, 0.1) is 0 Å². The van der Waals surface area contributed by atoms with E-state index in [9.17, 15) is 41.4 Å². The molecule has 29 heavy (non-hydrogen) atoms. The third-order valence-corrected chi connectivity index (χ3v) is 4.29. The van der Waals surface area contributed by atoms with Crippen molar-refractivity contribution in [1.82, 2.24) is 0 Å². The Morgan fingerprint density at radius 1 is 0.828 bits per heavy atom. The molecule has 0 fully saturated rings. The minimum absolute atomic E-state index is 0.346. The molecule has 0 aliphatic heterocycles. The van der Waals surface area contributed by atoms with Crippen molar-refractivity contribution in [1.29, 1.82) is 0 Å². The van der Waals surface area contributed by atoms with Gasteiger partial charge in [-0.1, -0.05) is 12.1 Å². The summed E-state index contributed by atoms with van der Waals surface area (Å²) in [5.74, 6) is -2.05. The zero-order chi connectivity index (χ0) is 22.2. The van der Waals surface area contributed by atoms with Crippen molar-refractivity contribution in [2.24, 2.45) is 0 Å². The minimum Gasteiger partial charge on any atom is -0.506 e. The summed E-state index contributed by atoms with van der Waals surface area (Å²) in [6.07, 6.45) is -11.7. The van der Waals surface area contributed by atoms with E-state index in [2.05, 4.69) is 5.32 Å². The molecule has 0 spiro atoms. The molecule has 11 heteroatoms. The molecular weight excluding hydrogens is 406 g/mol. The molecule has 2 aromatic carbocycles. The van der Waals surface area contributed by atoms with E-state index >= 15 is 0 Å². The van der Waals surface area contributed by atoms with Gasteiger partial charge >= 0.3 is 12.4 Å². The fourth-order valence-electron chi connectivity index (χ4n) is 3.01. The molecule has 0 bridgehead atoms. The van der Waals surface area contributed by atoms with Crippen molar-refractivity contribution in [2.45, 2.75) is 24.7 Å². The highest BCUT2D eigenvalue weighted by molar-refractivity contribution is 5.90. The van der Waals surface area contributed by atoms with Crippen LogP contribution in [0.3, 0.4) is 0 Å². The van der Waals surface area contributed by atoms with Gasteiger partial charge in [-0.05, 0) is 35.4 Å². The van der Waals surface area contributed by atoms with Gasteiger partial charge in [-0.3, -0.25) is 4.79 Å². The monoisotopic (exact) mass is 422 g/mol. The van der Waals surface area contributed by atoms with E-state index in [1.807, 2.05) is 5.32 Å². The maximum absolute atomic E-state index is 14.1. The smallest absolute Gasteiger partial charge is 0.411 e. The Morgan fingerprint density at radius 3 is 1.62 bits per heavy atom. The van der Waals surface area contributed by atoms with Crippen LogP contribution in [0.5, 0.6) is 11.5 Å². The highest BCUT2D eigenvalue weighted by Crippen LogP contribution is 2.57. The number of aromatic hydroxyl groups is 2. The summed E-state index contributed by atoms with van der Waals surface area (Å²) in [6.45, 7) is 0.978. The number of hydrogen-bond donors (Lipinski definition) is 4. The fraction of sp³-hybridized carbons (Fsp3) is 0.278. The van der Waals surface area contributed by atoms with Crippen molar-refractivity contribution >= 4 is 17.3 Å². The lowest BCUT2D eigenvalue weighted by molar-refractivity contribution is -0.288. The van der Waals surface area contributed by atoms with Crippen LogP contribution in [0.15, 0.2) is 36.4 Å². The molecule has 0 heterocycles. The number of carbonyl (C=O) groups is 1. The summed E-state index contributed by atoms with van der Waals surface area (Å²) in [5.41, 5.74) is -7.94. The van der Waals surface area contributed by atoms with Gasteiger partial charge < -0.3 is 20.8 Å². The number of alkyl halides is 6. The predicted octanol–water partition coefficient (Wildman–Crippen LogP) is 4.51. The topological polar surface area (TPSA) is 81.6 Å². The second kappa shape index (κ2) is 7.37. The number of nitrogens with one attached hydrogen (secondary N) is 2. The Balaban J connectivity index is 2.94. The van der Waals surface area contributed by atoms with Crippen LogP contribution < -0.4 is 10.6 Å². The first-order valence-corrected chi connectivity index (χ1v) is 8.01. The van der Waals surface area contributed by atoms with Crippen LogP contribution in [-0.4, -0.2) is 35.5 Å². The van der Waals surface area contributed by atoms with Crippen LogP contribution in [0.4, 0.5) is 37.7 Å². The lowest BCUT2D eigenvalue weighted by atomic mass is 9.72. The Morgan fingerprint density at radius 2 is 1.24 bits per heavy atom. The number of benzene rings is 2. The molecule has 0 radical (unpaired) electrons. The average molecular weight is 422 g/mol. The number of halogens is 6. The summed E-state index contributed by atoms with van der Waals surface area (Å²) in [7, 11) is 1.22. The van der Waals surface area contributed by atoms with E-state index < -0.39 is 52.0 Å². The molecule has 158 valence electrons. The number of rotatable bonds is 4. The van der Waals surface area contributed by atoms with Gasteiger partial charge in [-0.2, -0.15) is 26.3 Å². The standard InChI is InChI=1S/C18H16F6N2O3/c1-9(27)26-13-8-11(4-6-15(13)29)16(17(19,20)21,18(22,23)24)10-3-5-14(28)12(7-10)25-2/h3-8,25,28-29H,1-2H3,(H,26,27). The molecular formula is C18H16F6N2O3. The maximum Gasteiger partial charge on any atom is 0.411 e. The summed E-state index contributed by atoms with van der Waals surface area (Å²) in [6, 6.07) is 3.30. The number of amides is 1. The summed E-state index contributed by atoms with van der Waals surface area (Å²) < 4.78 is 84.7. The molecule has 0 unspecified atom stereocenters. The van der Waals surface area contributed by atoms with Gasteiger partial charge in [0, 0.05) is 14.0 Å². The highest BCUT2D eigenvalue weighted by Gasteiger charge is 2.72. The zero-order valence-electron chi connectivity index (χ0n) is 15.0. The molecule has 0 aromatic heterocycles. The van der Waals surface area contributed by atoms with Crippen LogP contribution in [0.2, 0.25) is 0 Å². The van der Waals surface area contributed by atoms with E-state index in [4.69, 9.17) is 0 Å². The number of hydrogen-bond acceptors (Lipinski definition) is 4. The molecule has 0 saturated carbocycles. The van der Waals surface area contributed by atoms with Gasteiger partial charge in [0.1, 0.15) is 11.5 Å². The summed E-state index contributed by atoms with van der Waals surface area (Å²) in [5, 5.41) is 23.7. The molecule has 0 aliphatic carbocycles. The van der Waals surface area contributed by atoms with Crippen molar-refractivity contribution in [3.05, 3.63) is 47.5 Å². The third-order valence-electron chi connectivity index (χ3n) is 4.29. The normalized spacial score (nSPS) is 12.6. The van der Waals surface area contributed by atoms with E-state index in [-0.39, 0.29) is 5.69 Å². The van der Waals surface area contributed by atoms with Crippen LogP contribution in [0.1, 0.15) is 18.1 Å². The van der Waals surface area contributed by atoms with E-state index in [0.717, 1.165) is 6.92 Å². The van der Waals surface area contributed by atoms with Gasteiger partial charge in [0.05, 0.1) is 11.4 Å².